The van der Waals surface area contributed by atoms with Crippen LogP contribution in [-0.4, -0.2) is 55.0 Å². The third-order valence-corrected chi connectivity index (χ3v) is 16.8. The molecule has 0 aliphatic carbocycles. The van der Waals surface area contributed by atoms with Gasteiger partial charge in [-0.25, -0.2) is 15.0 Å². The predicted molar refractivity (Wildman–Crippen MR) is 134 cm³/mol. The summed E-state index contributed by atoms with van der Waals surface area (Å²) in [6, 6.07) is 0. The fourth-order valence-electron chi connectivity index (χ4n) is 3.24. The average Bonchev–Trinajstić information content (AvgIpc) is 3.22. The van der Waals surface area contributed by atoms with Crippen molar-refractivity contribution < 1.29 is 13.6 Å². The fourth-order valence-corrected chi connectivity index (χ4v) is 5.79. The molecule has 0 saturated carbocycles. The summed E-state index contributed by atoms with van der Waals surface area (Å²) in [6.45, 7) is 23.2. The van der Waals surface area contributed by atoms with E-state index in [0.29, 0.717) is 29.3 Å². The molecule has 0 unspecified atom stereocenters. The Labute approximate surface area is 199 Å². The Balaban J connectivity index is 1.87. The van der Waals surface area contributed by atoms with Crippen LogP contribution in [0.3, 0.4) is 0 Å². The van der Waals surface area contributed by atoms with Crippen LogP contribution in [0.2, 0.25) is 41.4 Å². The van der Waals surface area contributed by atoms with Crippen LogP contribution in [0, 0.1) is 0 Å². The van der Waals surface area contributed by atoms with Crippen molar-refractivity contribution in [3.05, 3.63) is 17.8 Å². The fraction of sp³-hybridized carbons (Fsp3) is 0.773. The van der Waals surface area contributed by atoms with Gasteiger partial charge in [0.25, 0.3) is 0 Å². The van der Waals surface area contributed by atoms with Crippen LogP contribution in [0.5, 0.6) is 0 Å². The van der Waals surface area contributed by atoms with Gasteiger partial charge in [0.15, 0.2) is 27.4 Å². The molecule has 1 saturated heterocycles. The van der Waals surface area contributed by atoms with Gasteiger partial charge in [-0.1, -0.05) is 53.1 Å². The van der Waals surface area contributed by atoms with Gasteiger partial charge in [0.05, 0.1) is 19.0 Å². The highest BCUT2D eigenvalue weighted by Gasteiger charge is 2.46. The third-order valence-electron chi connectivity index (χ3n) is 7.47. The SMILES string of the molecule is CC(C)(C)[Si](C)(C)OC[C@H]1O[C@H](n2cnc3c(Cl)ncnc32)C[C@@H]1O[Si](C)(C)C(C)(C)C. The van der Waals surface area contributed by atoms with Crippen LogP contribution in [0.15, 0.2) is 12.7 Å². The Morgan fingerprint density at radius 3 is 2.25 bits per heavy atom. The van der Waals surface area contributed by atoms with Gasteiger partial charge < -0.3 is 13.6 Å². The minimum absolute atomic E-state index is 0.0552. The van der Waals surface area contributed by atoms with Crippen molar-refractivity contribution in [2.45, 2.75) is 103 Å². The summed E-state index contributed by atoms with van der Waals surface area (Å²) < 4.78 is 21.9. The largest absolute Gasteiger partial charge is 0.414 e. The van der Waals surface area contributed by atoms with Crippen LogP contribution >= 0.6 is 11.6 Å². The standard InChI is InChI=1S/C22H39ClN4O3Si2/c1-21(2,3)31(7,8)28-12-16-15(30-32(9,10)22(4,5)6)11-17(29-16)27-14-26-18-19(23)24-13-25-20(18)27/h13-17H,11-12H2,1-10H3/t15-,16+,17-/m0/s1. The van der Waals surface area contributed by atoms with E-state index in [-0.39, 0.29) is 28.5 Å². The molecule has 0 bridgehead atoms. The van der Waals surface area contributed by atoms with E-state index in [9.17, 15) is 0 Å². The highest BCUT2D eigenvalue weighted by Crippen LogP contribution is 2.43. The van der Waals surface area contributed by atoms with Gasteiger partial charge in [-0.05, 0) is 36.3 Å². The average molecular weight is 499 g/mol. The molecule has 10 heteroatoms. The van der Waals surface area contributed by atoms with E-state index < -0.39 is 16.6 Å². The van der Waals surface area contributed by atoms with Crippen LogP contribution in [0.25, 0.3) is 11.2 Å². The zero-order chi connectivity index (χ0) is 24.1. The van der Waals surface area contributed by atoms with Gasteiger partial charge in [-0.15, -0.1) is 0 Å². The Morgan fingerprint density at radius 1 is 1.03 bits per heavy atom. The molecule has 1 aliphatic rings. The van der Waals surface area contributed by atoms with Crippen molar-refractivity contribution in [3.8, 4) is 0 Å². The number of ether oxygens (including phenoxy) is 1. The molecule has 0 spiro atoms. The molecule has 3 atom stereocenters. The Hall–Kier alpha value is -0.846. The maximum absolute atomic E-state index is 6.85. The Kier molecular flexibility index (Phi) is 7.04. The summed E-state index contributed by atoms with van der Waals surface area (Å²) in [5, 5.41) is 0.589. The summed E-state index contributed by atoms with van der Waals surface area (Å²) in [5.41, 5.74) is 1.26. The lowest BCUT2D eigenvalue weighted by molar-refractivity contribution is -0.0383. The molecule has 3 heterocycles. The first-order valence-corrected chi connectivity index (χ1v) is 17.5. The summed E-state index contributed by atoms with van der Waals surface area (Å²) in [5.74, 6) is 0. The van der Waals surface area contributed by atoms with Crippen LogP contribution in [0.4, 0.5) is 0 Å². The van der Waals surface area contributed by atoms with Gasteiger partial charge in [0, 0.05) is 6.42 Å². The first kappa shape index (κ1) is 25.8. The first-order chi connectivity index (χ1) is 14.5. The monoisotopic (exact) mass is 498 g/mol. The molecular formula is C22H39ClN4O3Si2. The molecule has 0 amide bonds. The molecule has 0 N–H and O–H groups in total. The van der Waals surface area contributed by atoms with E-state index in [1.165, 1.54) is 6.33 Å². The van der Waals surface area contributed by atoms with Crippen molar-refractivity contribution >= 4 is 39.4 Å². The van der Waals surface area contributed by atoms with Gasteiger partial charge in [-0.2, -0.15) is 0 Å². The molecule has 3 rings (SSSR count). The summed E-state index contributed by atoms with van der Waals surface area (Å²) >= 11 is 6.21. The summed E-state index contributed by atoms with van der Waals surface area (Å²) in [6.07, 6.45) is 3.45. The highest BCUT2D eigenvalue weighted by molar-refractivity contribution is 6.74. The van der Waals surface area contributed by atoms with Crippen LogP contribution < -0.4 is 0 Å². The van der Waals surface area contributed by atoms with Crippen LogP contribution in [-0.2, 0) is 13.6 Å². The van der Waals surface area contributed by atoms with E-state index in [1.54, 1.807) is 6.33 Å². The van der Waals surface area contributed by atoms with Crippen molar-refractivity contribution in [1.29, 1.82) is 0 Å². The number of aromatic nitrogens is 4. The first-order valence-electron chi connectivity index (χ1n) is 11.3. The predicted octanol–water partition coefficient (Wildman–Crippen LogP) is 6.18. The van der Waals surface area contributed by atoms with E-state index in [2.05, 4.69) is 82.7 Å². The minimum atomic E-state index is -2.00. The molecular weight excluding hydrogens is 460 g/mol. The lowest BCUT2D eigenvalue weighted by Crippen LogP contribution is -2.48. The van der Waals surface area contributed by atoms with Crippen LogP contribution in [0.1, 0.15) is 54.2 Å². The normalized spacial score (nSPS) is 23.3. The van der Waals surface area contributed by atoms with Crippen molar-refractivity contribution in [2.24, 2.45) is 0 Å². The molecule has 0 aromatic carbocycles. The van der Waals surface area contributed by atoms with E-state index in [1.807, 2.05) is 4.57 Å². The molecule has 0 radical (unpaired) electrons. The lowest BCUT2D eigenvalue weighted by Gasteiger charge is -2.40. The van der Waals surface area contributed by atoms with Crippen molar-refractivity contribution in [3.63, 3.8) is 0 Å². The molecule has 1 fully saturated rings. The number of fused-ring (bicyclic) bond motifs is 1. The summed E-state index contributed by atoms with van der Waals surface area (Å²) in [4.78, 5) is 12.8. The number of hydrogen-bond acceptors (Lipinski definition) is 6. The second-order valence-electron chi connectivity index (χ2n) is 11.8. The zero-order valence-electron chi connectivity index (χ0n) is 21.2. The highest BCUT2D eigenvalue weighted by atomic mass is 35.5. The van der Waals surface area contributed by atoms with Gasteiger partial charge >= 0.3 is 0 Å². The Morgan fingerprint density at radius 2 is 1.66 bits per heavy atom. The van der Waals surface area contributed by atoms with E-state index in [0.717, 1.165) is 0 Å². The smallest absolute Gasteiger partial charge is 0.192 e. The minimum Gasteiger partial charge on any atom is -0.414 e. The zero-order valence-corrected chi connectivity index (χ0v) is 23.9. The quantitative estimate of drug-likeness (QED) is 0.349. The second kappa shape index (κ2) is 8.74. The number of rotatable bonds is 6. The molecule has 180 valence electrons. The number of halogens is 1. The maximum Gasteiger partial charge on any atom is 0.192 e. The second-order valence-corrected chi connectivity index (χ2v) is 21.8. The molecule has 2 aromatic rings. The number of imidazole rings is 1. The van der Waals surface area contributed by atoms with Crippen molar-refractivity contribution in [1.82, 2.24) is 19.5 Å². The third kappa shape index (κ3) is 5.12. The van der Waals surface area contributed by atoms with E-state index in [4.69, 9.17) is 25.2 Å². The molecule has 7 nitrogen and oxygen atoms in total. The van der Waals surface area contributed by atoms with Gasteiger partial charge in [0.2, 0.25) is 0 Å². The maximum atomic E-state index is 6.85. The molecule has 2 aromatic heterocycles. The topological polar surface area (TPSA) is 71.3 Å². The molecule has 32 heavy (non-hydrogen) atoms. The number of hydrogen-bond donors (Lipinski definition) is 0. The number of nitrogens with zero attached hydrogens (tertiary/aromatic N) is 4. The van der Waals surface area contributed by atoms with Gasteiger partial charge in [-0.3, -0.25) is 4.57 Å². The van der Waals surface area contributed by atoms with E-state index >= 15 is 0 Å². The summed E-state index contributed by atoms with van der Waals surface area (Å²) in [7, 11) is -3.91. The Bertz CT molecular complexity index is 953. The van der Waals surface area contributed by atoms with Gasteiger partial charge in [0.1, 0.15) is 24.2 Å². The lowest BCUT2D eigenvalue weighted by atomic mass is 10.2. The molecule has 1 aliphatic heterocycles. The van der Waals surface area contributed by atoms with Crippen molar-refractivity contribution in [2.75, 3.05) is 6.61 Å².